The molecule has 1 heterocycles. The normalized spacial score (nSPS) is 15.6. The molecule has 2 aromatic carbocycles. The van der Waals surface area contributed by atoms with Gasteiger partial charge in [0.1, 0.15) is 5.75 Å². The van der Waals surface area contributed by atoms with Crippen molar-refractivity contribution in [2.24, 2.45) is 5.92 Å². The summed E-state index contributed by atoms with van der Waals surface area (Å²) in [5.41, 5.74) is 1.96. The van der Waals surface area contributed by atoms with Gasteiger partial charge in [0.15, 0.2) is 0 Å². The number of hydrogen-bond donors (Lipinski definition) is 2. The number of aromatic carboxylic acids is 1. The van der Waals surface area contributed by atoms with Crippen molar-refractivity contribution in [3.05, 3.63) is 53.6 Å². The van der Waals surface area contributed by atoms with E-state index in [4.69, 9.17) is 9.47 Å². The summed E-state index contributed by atoms with van der Waals surface area (Å²) in [4.78, 5) is 38.5. The monoisotopic (exact) mass is 454 g/mol. The van der Waals surface area contributed by atoms with E-state index >= 15 is 0 Å². The second kappa shape index (κ2) is 11.4. The van der Waals surface area contributed by atoms with Gasteiger partial charge in [-0.1, -0.05) is 12.1 Å². The molecule has 0 aliphatic carbocycles. The Morgan fingerprint density at radius 2 is 1.91 bits per heavy atom. The molecule has 1 unspecified atom stereocenters. The van der Waals surface area contributed by atoms with Gasteiger partial charge in [0.25, 0.3) is 0 Å². The second-order valence-electron chi connectivity index (χ2n) is 7.97. The number of carbonyl (C=O) groups excluding carboxylic acids is 2. The molecular weight excluding hydrogens is 424 g/mol. The molecule has 0 aromatic heterocycles. The van der Waals surface area contributed by atoms with Crippen LogP contribution in [0.3, 0.4) is 0 Å². The molecular formula is C25H30N2O6. The Morgan fingerprint density at radius 1 is 1.15 bits per heavy atom. The van der Waals surface area contributed by atoms with Crippen LogP contribution in [0.25, 0.3) is 0 Å². The van der Waals surface area contributed by atoms with Gasteiger partial charge in [0.05, 0.1) is 30.9 Å². The summed E-state index contributed by atoms with van der Waals surface area (Å²) in [6.07, 6.45) is 2.32. The minimum atomic E-state index is -1.12. The number of hydrogen-bond acceptors (Lipinski definition) is 6. The van der Waals surface area contributed by atoms with Gasteiger partial charge in [-0.2, -0.15) is 0 Å². The molecule has 176 valence electrons. The van der Waals surface area contributed by atoms with E-state index in [0.717, 1.165) is 30.7 Å². The topological polar surface area (TPSA) is 105 Å². The number of rotatable bonds is 9. The molecule has 1 fully saturated rings. The van der Waals surface area contributed by atoms with Gasteiger partial charge in [0, 0.05) is 25.2 Å². The van der Waals surface area contributed by atoms with Crippen LogP contribution in [-0.4, -0.2) is 49.8 Å². The summed E-state index contributed by atoms with van der Waals surface area (Å²) < 4.78 is 10.3. The average molecular weight is 455 g/mol. The van der Waals surface area contributed by atoms with E-state index < -0.39 is 5.97 Å². The minimum Gasteiger partial charge on any atom is -0.497 e. The van der Waals surface area contributed by atoms with Gasteiger partial charge in [-0.3, -0.25) is 9.59 Å². The summed E-state index contributed by atoms with van der Waals surface area (Å²) in [6, 6.07) is 12.4. The third kappa shape index (κ3) is 6.47. The standard InChI is InChI=1S/C25H30N2O6/c1-3-33-25(31)18-5-4-14-27(16-18)19-9-12-22(21(15-19)24(29)30)26-23(28)13-8-17-6-10-20(32-2)11-7-17/h6-7,9-12,15,18H,3-5,8,13-14,16H2,1-2H3,(H,26,28)(H,29,30). The largest absolute Gasteiger partial charge is 0.497 e. The molecule has 2 aromatic rings. The van der Waals surface area contributed by atoms with Crippen molar-refractivity contribution in [1.29, 1.82) is 0 Å². The van der Waals surface area contributed by atoms with Crippen LogP contribution in [0.5, 0.6) is 5.75 Å². The molecule has 0 spiro atoms. The first-order valence-electron chi connectivity index (χ1n) is 11.1. The fraction of sp³-hybridized carbons (Fsp3) is 0.400. The number of nitrogens with one attached hydrogen (secondary N) is 1. The maximum absolute atomic E-state index is 12.5. The van der Waals surface area contributed by atoms with Crippen LogP contribution < -0.4 is 15.0 Å². The number of carbonyl (C=O) groups is 3. The number of piperidine rings is 1. The van der Waals surface area contributed by atoms with Crippen molar-refractivity contribution in [3.63, 3.8) is 0 Å². The molecule has 8 nitrogen and oxygen atoms in total. The Balaban J connectivity index is 1.66. The summed E-state index contributed by atoms with van der Waals surface area (Å²) in [6.45, 7) is 3.32. The van der Waals surface area contributed by atoms with E-state index in [1.165, 1.54) is 0 Å². The lowest BCUT2D eigenvalue weighted by molar-refractivity contribution is -0.148. The Kier molecular flexibility index (Phi) is 8.29. The fourth-order valence-corrected chi connectivity index (χ4v) is 3.94. The van der Waals surface area contributed by atoms with E-state index in [2.05, 4.69) is 5.32 Å². The summed E-state index contributed by atoms with van der Waals surface area (Å²) >= 11 is 0. The molecule has 0 bridgehead atoms. The average Bonchev–Trinajstić information content (AvgIpc) is 2.83. The fourth-order valence-electron chi connectivity index (χ4n) is 3.94. The minimum absolute atomic E-state index is 0.0172. The van der Waals surface area contributed by atoms with Crippen LogP contribution in [0.4, 0.5) is 11.4 Å². The molecule has 1 saturated heterocycles. The van der Waals surface area contributed by atoms with E-state index in [1.54, 1.807) is 32.2 Å². The van der Waals surface area contributed by atoms with Crippen LogP contribution in [0.2, 0.25) is 0 Å². The number of benzene rings is 2. The van der Waals surface area contributed by atoms with Gasteiger partial charge < -0.3 is 24.8 Å². The van der Waals surface area contributed by atoms with Crippen molar-refractivity contribution in [3.8, 4) is 5.75 Å². The third-order valence-electron chi connectivity index (χ3n) is 5.71. The molecule has 0 saturated carbocycles. The Hall–Kier alpha value is -3.55. The Bertz CT molecular complexity index is 989. The maximum Gasteiger partial charge on any atom is 0.337 e. The Labute approximate surface area is 193 Å². The Morgan fingerprint density at radius 3 is 2.58 bits per heavy atom. The zero-order valence-corrected chi connectivity index (χ0v) is 19.0. The number of aryl methyl sites for hydroxylation is 1. The molecule has 3 rings (SSSR count). The van der Waals surface area contributed by atoms with Crippen LogP contribution in [0.1, 0.15) is 42.1 Å². The summed E-state index contributed by atoms with van der Waals surface area (Å²) in [5.74, 6) is -1.09. The predicted molar refractivity (Wildman–Crippen MR) is 125 cm³/mol. The molecule has 33 heavy (non-hydrogen) atoms. The van der Waals surface area contributed by atoms with Crippen molar-refractivity contribution in [1.82, 2.24) is 0 Å². The number of methoxy groups -OCH3 is 1. The lowest BCUT2D eigenvalue weighted by Gasteiger charge is -2.33. The van der Waals surface area contributed by atoms with Gasteiger partial charge in [0.2, 0.25) is 5.91 Å². The molecule has 1 atom stereocenters. The number of carboxylic acid groups (broad SMARTS) is 1. The van der Waals surface area contributed by atoms with Crippen LogP contribution in [-0.2, 0) is 20.7 Å². The SMILES string of the molecule is CCOC(=O)C1CCCN(c2ccc(NC(=O)CCc3ccc(OC)cc3)c(C(=O)O)c2)C1. The number of anilines is 2. The molecule has 1 aliphatic rings. The van der Waals surface area contributed by atoms with Crippen LogP contribution in [0.15, 0.2) is 42.5 Å². The van der Waals surface area contributed by atoms with E-state index in [1.807, 2.05) is 29.2 Å². The highest BCUT2D eigenvalue weighted by molar-refractivity contribution is 6.01. The maximum atomic E-state index is 12.5. The van der Waals surface area contributed by atoms with Gasteiger partial charge in [-0.05, 0) is 62.1 Å². The van der Waals surface area contributed by atoms with Crippen molar-refractivity contribution >= 4 is 29.2 Å². The third-order valence-corrected chi connectivity index (χ3v) is 5.71. The summed E-state index contributed by atoms with van der Waals surface area (Å²) in [7, 11) is 1.60. The smallest absolute Gasteiger partial charge is 0.337 e. The molecule has 0 radical (unpaired) electrons. The second-order valence-corrected chi connectivity index (χ2v) is 7.97. The van der Waals surface area contributed by atoms with Crippen molar-refractivity contribution in [2.45, 2.75) is 32.6 Å². The predicted octanol–water partition coefficient (Wildman–Crippen LogP) is 3.74. The van der Waals surface area contributed by atoms with E-state index in [-0.39, 0.29) is 35.5 Å². The first-order chi connectivity index (χ1) is 15.9. The lowest BCUT2D eigenvalue weighted by Crippen LogP contribution is -2.39. The number of esters is 1. The van der Waals surface area contributed by atoms with Crippen LogP contribution >= 0.6 is 0 Å². The molecule has 1 amide bonds. The van der Waals surface area contributed by atoms with Gasteiger partial charge in [-0.15, -0.1) is 0 Å². The summed E-state index contributed by atoms with van der Waals surface area (Å²) in [5, 5.41) is 12.4. The molecule has 1 aliphatic heterocycles. The first-order valence-corrected chi connectivity index (χ1v) is 11.1. The highest BCUT2D eigenvalue weighted by Gasteiger charge is 2.27. The molecule has 8 heteroatoms. The lowest BCUT2D eigenvalue weighted by atomic mass is 9.97. The number of carboxylic acids is 1. The van der Waals surface area contributed by atoms with Crippen molar-refractivity contribution < 1.29 is 29.0 Å². The zero-order chi connectivity index (χ0) is 23.8. The van der Waals surface area contributed by atoms with Gasteiger partial charge >= 0.3 is 11.9 Å². The number of ether oxygens (including phenoxy) is 2. The van der Waals surface area contributed by atoms with Crippen LogP contribution in [0, 0.1) is 5.92 Å². The van der Waals surface area contributed by atoms with E-state index in [0.29, 0.717) is 25.3 Å². The first kappa shape index (κ1) is 24.1. The quantitative estimate of drug-likeness (QED) is 0.556. The van der Waals surface area contributed by atoms with Crippen molar-refractivity contribution in [2.75, 3.05) is 37.0 Å². The number of amides is 1. The highest BCUT2D eigenvalue weighted by Crippen LogP contribution is 2.28. The van der Waals surface area contributed by atoms with E-state index in [9.17, 15) is 19.5 Å². The van der Waals surface area contributed by atoms with Gasteiger partial charge in [-0.25, -0.2) is 4.79 Å². The zero-order valence-electron chi connectivity index (χ0n) is 19.0. The molecule has 2 N–H and O–H groups in total. The number of nitrogens with zero attached hydrogens (tertiary/aromatic N) is 1. The highest BCUT2D eigenvalue weighted by atomic mass is 16.5.